The first-order valence-electron chi connectivity index (χ1n) is 9.46. The second kappa shape index (κ2) is 8.63. The number of carbonyl (C=O) groups excluding carboxylic acids is 1. The summed E-state index contributed by atoms with van der Waals surface area (Å²) in [6, 6.07) is 11.1. The zero-order chi connectivity index (χ0) is 16.8. The van der Waals surface area contributed by atoms with Crippen molar-refractivity contribution in [2.24, 2.45) is 5.92 Å². The maximum atomic E-state index is 12.5. The summed E-state index contributed by atoms with van der Waals surface area (Å²) in [4.78, 5) is 17.5. The Morgan fingerprint density at radius 2 is 1.88 bits per heavy atom. The average Bonchev–Trinajstić information content (AvgIpc) is 2.63. The van der Waals surface area contributed by atoms with Gasteiger partial charge in [-0.2, -0.15) is 0 Å². The predicted octanol–water partition coefficient (Wildman–Crippen LogP) is 2.15. The Balaban J connectivity index is 1.43. The standard InChI is InChI=1S/C20H31N3O/c1-22-14-10-19(11-15-22)23-13-5-8-18(16-23)20(24)21-12-9-17-6-3-2-4-7-17/h2-4,6-7,18-19H,5,8-16H2,1H3,(H,21,24). The molecule has 0 saturated carbocycles. The van der Waals surface area contributed by atoms with E-state index in [1.807, 2.05) is 6.07 Å². The van der Waals surface area contributed by atoms with Crippen LogP contribution in [-0.4, -0.2) is 61.5 Å². The van der Waals surface area contributed by atoms with E-state index in [9.17, 15) is 4.79 Å². The molecule has 0 spiro atoms. The van der Waals surface area contributed by atoms with Gasteiger partial charge in [0.2, 0.25) is 5.91 Å². The van der Waals surface area contributed by atoms with Crippen LogP contribution in [0.3, 0.4) is 0 Å². The second-order valence-electron chi connectivity index (χ2n) is 7.40. The van der Waals surface area contributed by atoms with Gasteiger partial charge in [-0.15, -0.1) is 0 Å². The maximum absolute atomic E-state index is 12.5. The fourth-order valence-electron chi connectivity index (χ4n) is 4.03. The first-order valence-corrected chi connectivity index (χ1v) is 9.46. The van der Waals surface area contributed by atoms with Crippen molar-refractivity contribution >= 4 is 5.91 Å². The number of nitrogens with zero attached hydrogens (tertiary/aromatic N) is 2. The third-order valence-electron chi connectivity index (χ3n) is 5.58. The zero-order valence-electron chi connectivity index (χ0n) is 14.9. The van der Waals surface area contributed by atoms with Crippen LogP contribution in [0.15, 0.2) is 30.3 Å². The van der Waals surface area contributed by atoms with Crippen molar-refractivity contribution < 1.29 is 4.79 Å². The van der Waals surface area contributed by atoms with Crippen LogP contribution in [0.2, 0.25) is 0 Å². The third-order valence-corrected chi connectivity index (χ3v) is 5.58. The van der Waals surface area contributed by atoms with E-state index in [0.717, 1.165) is 32.4 Å². The molecule has 2 heterocycles. The van der Waals surface area contributed by atoms with Crippen LogP contribution < -0.4 is 5.32 Å². The SMILES string of the molecule is CN1CCC(N2CCCC(C(=O)NCCc3ccccc3)C2)CC1. The minimum Gasteiger partial charge on any atom is -0.355 e. The van der Waals surface area contributed by atoms with E-state index in [0.29, 0.717) is 6.04 Å². The van der Waals surface area contributed by atoms with E-state index < -0.39 is 0 Å². The quantitative estimate of drug-likeness (QED) is 0.899. The number of amides is 1. The third kappa shape index (κ3) is 4.81. The smallest absolute Gasteiger partial charge is 0.224 e. The summed E-state index contributed by atoms with van der Waals surface area (Å²) in [5.41, 5.74) is 1.29. The van der Waals surface area contributed by atoms with Gasteiger partial charge in [0.1, 0.15) is 0 Å². The summed E-state index contributed by atoms with van der Waals surface area (Å²) in [5, 5.41) is 3.16. The highest BCUT2D eigenvalue weighted by atomic mass is 16.1. The lowest BCUT2D eigenvalue weighted by molar-refractivity contribution is -0.127. The second-order valence-corrected chi connectivity index (χ2v) is 7.40. The number of likely N-dealkylation sites (tertiary alicyclic amines) is 2. The summed E-state index contributed by atoms with van der Waals surface area (Å²) >= 11 is 0. The summed E-state index contributed by atoms with van der Waals surface area (Å²) < 4.78 is 0. The maximum Gasteiger partial charge on any atom is 0.224 e. The Kier molecular flexibility index (Phi) is 6.27. The molecule has 2 fully saturated rings. The lowest BCUT2D eigenvalue weighted by atomic mass is 9.93. The molecule has 24 heavy (non-hydrogen) atoms. The molecule has 0 aromatic heterocycles. The number of piperidine rings is 2. The molecular weight excluding hydrogens is 298 g/mol. The Morgan fingerprint density at radius 1 is 1.12 bits per heavy atom. The van der Waals surface area contributed by atoms with Crippen molar-refractivity contribution in [3.8, 4) is 0 Å². The highest BCUT2D eigenvalue weighted by Gasteiger charge is 2.30. The van der Waals surface area contributed by atoms with E-state index in [1.54, 1.807) is 0 Å². The zero-order valence-corrected chi connectivity index (χ0v) is 14.9. The van der Waals surface area contributed by atoms with E-state index in [1.165, 1.54) is 38.0 Å². The van der Waals surface area contributed by atoms with Crippen LogP contribution in [0.25, 0.3) is 0 Å². The molecule has 0 aliphatic carbocycles. The molecule has 1 atom stereocenters. The molecular formula is C20H31N3O. The Labute approximate surface area is 146 Å². The number of nitrogens with one attached hydrogen (secondary N) is 1. The lowest BCUT2D eigenvalue weighted by Crippen LogP contribution is -2.50. The molecule has 2 saturated heterocycles. The Bertz CT molecular complexity index is 511. The van der Waals surface area contributed by atoms with Crippen molar-refractivity contribution in [1.29, 1.82) is 0 Å². The first-order chi connectivity index (χ1) is 11.7. The molecule has 4 heteroatoms. The van der Waals surface area contributed by atoms with Gasteiger partial charge in [0.05, 0.1) is 5.92 Å². The van der Waals surface area contributed by atoms with Gasteiger partial charge in [-0.1, -0.05) is 30.3 Å². The van der Waals surface area contributed by atoms with Crippen LogP contribution in [-0.2, 0) is 11.2 Å². The van der Waals surface area contributed by atoms with Crippen molar-refractivity contribution in [1.82, 2.24) is 15.1 Å². The fourth-order valence-corrected chi connectivity index (χ4v) is 4.03. The monoisotopic (exact) mass is 329 g/mol. The molecule has 0 bridgehead atoms. The van der Waals surface area contributed by atoms with E-state index in [-0.39, 0.29) is 11.8 Å². The molecule has 2 aliphatic heterocycles. The highest BCUT2D eigenvalue weighted by Crippen LogP contribution is 2.23. The Hall–Kier alpha value is -1.39. The van der Waals surface area contributed by atoms with Crippen LogP contribution in [0.5, 0.6) is 0 Å². The number of rotatable bonds is 5. The number of carbonyl (C=O) groups is 1. The van der Waals surface area contributed by atoms with Crippen LogP contribution in [0, 0.1) is 5.92 Å². The molecule has 2 aliphatic rings. The van der Waals surface area contributed by atoms with Crippen LogP contribution in [0.4, 0.5) is 0 Å². The summed E-state index contributed by atoms with van der Waals surface area (Å²) in [5.74, 6) is 0.428. The van der Waals surface area contributed by atoms with Gasteiger partial charge in [-0.25, -0.2) is 0 Å². The van der Waals surface area contributed by atoms with Crippen LogP contribution in [0.1, 0.15) is 31.2 Å². The summed E-state index contributed by atoms with van der Waals surface area (Å²) in [6.45, 7) is 5.24. The molecule has 4 nitrogen and oxygen atoms in total. The highest BCUT2D eigenvalue weighted by molar-refractivity contribution is 5.79. The minimum absolute atomic E-state index is 0.175. The molecule has 1 aromatic carbocycles. The molecule has 3 rings (SSSR count). The van der Waals surface area contributed by atoms with Crippen molar-refractivity contribution in [2.75, 3.05) is 39.8 Å². The van der Waals surface area contributed by atoms with E-state index in [4.69, 9.17) is 0 Å². The minimum atomic E-state index is 0.175. The average molecular weight is 329 g/mol. The molecule has 1 amide bonds. The Morgan fingerprint density at radius 3 is 2.62 bits per heavy atom. The first kappa shape index (κ1) is 17.4. The van der Waals surface area contributed by atoms with E-state index in [2.05, 4.69) is 46.4 Å². The van der Waals surface area contributed by atoms with Crippen LogP contribution >= 0.6 is 0 Å². The van der Waals surface area contributed by atoms with Crippen molar-refractivity contribution in [3.63, 3.8) is 0 Å². The molecule has 1 aromatic rings. The van der Waals surface area contributed by atoms with E-state index >= 15 is 0 Å². The van der Waals surface area contributed by atoms with Gasteiger partial charge in [-0.3, -0.25) is 9.69 Å². The van der Waals surface area contributed by atoms with Gasteiger partial charge in [-0.05, 0) is 64.3 Å². The number of hydrogen-bond donors (Lipinski definition) is 1. The fraction of sp³-hybridized carbons (Fsp3) is 0.650. The topological polar surface area (TPSA) is 35.6 Å². The largest absolute Gasteiger partial charge is 0.355 e. The normalized spacial score (nSPS) is 24.0. The lowest BCUT2D eigenvalue weighted by Gasteiger charge is -2.41. The van der Waals surface area contributed by atoms with Gasteiger partial charge in [0, 0.05) is 19.1 Å². The number of benzene rings is 1. The van der Waals surface area contributed by atoms with Gasteiger partial charge in [0.15, 0.2) is 0 Å². The van der Waals surface area contributed by atoms with Gasteiger partial charge < -0.3 is 10.2 Å². The van der Waals surface area contributed by atoms with Crippen molar-refractivity contribution in [2.45, 2.75) is 38.1 Å². The summed E-state index contributed by atoms with van der Waals surface area (Å²) in [7, 11) is 2.20. The van der Waals surface area contributed by atoms with Gasteiger partial charge in [0.25, 0.3) is 0 Å². The molecule has 1 N–H and O–H groups in total. The molecule has 1 unspecified atom stereocenters. The molecule has 132 valence electrons. The summed E-state index contributed by atoms with van der Waals surface area (Å²) in [6.07, 6.45) is 5.61. The van der Waals surface area contributed by atoms with Gasteiger partial charge >= 0.3 is 0 Å². The predicted molar refractivity (Wildman–Crippen MR) is 98.0 cm³/mol. The number of hydrogen-bond acceptors (Lipinski definition) is 3. The molecule has 0 radical (unpaired) electrons. The van der Waals surface area contributed by atoms with Crippen molar-refractivity contribution in [3.05, 3.63) is 35.9 Å².